The average Bonchev–Trinajstić information content (AvgIpc) is 2.02. The predicted molar refractivity (Wildman–Crippen MR) is 50.7 cm³/mol. The Labute approximate surface area is 135 Å². The van der Waals surface area contributed by atoms with E-state index in [1.54, 1.807) is 6.07 Å². The van der Waals surface area contributed by atoms with Crippen molar-refractivity contribution in [3.05, 3.63) is 28.2 Å². The van der Waals surface area contributed by atoms with Crippen LogP contribution in [0.3, 0.4) is 0 Å². The maximum atomic E-state index is 10.2. The average molecular weight is 261 g/mol. The number of carboxylic acid groups (broad SMARTS) is 1. The Hall–Kier alpha value is 0.706. The van der Waals surface area contributed by atoms with Crippen LogP contribution in [0.5, 0.6) is 5.75 Å². The number of ether oxygens (including phenoxy) is 1. The summed E-state index contributed by atoms with van der Waals surface area (Å²) >= 11 is 11.3. The Morgan fingerprint density at radius 2 is 2.14 bits per heavy atom. The number of halogens is 2. The van der Waals surface area contributed by atoms with Crippen molar-refractivity contribution in [2.75, 3.05) is 6.61 Å². The molecule has 0 unspecified atom stereocenters. The molecule has 0 bridgehead atoms. The van der Waals surface area contributed by atoms with Crippen LogP contribution in [-0.2, 0) is 4.79 Å². The zero-order chi connectivity index (χ0) is 9.84. The quantitative estimate of drug-likeness (QED) is 0.751. The van der Waals surface area contributed by atoms with Crippen molar-refractivity contribution in [3.8, 4) is 5.75 Å². The third kappa shape index (κ3) is 4.98. The van der Waals surface area contributed by atoms with Crippen LogP contribution >= 0.6 is 23.2 Å². The van der Waals surface area contributed by atoms with E-state index in [1.807, 2.05) is 0 Å². The number of carbonyl (C=O) groups is 1. The van der Waals surface area contributed by atoms with Gasteiger partial charge in [0.05, 0.1) is 5.02 Å². The molecule has 1 rings (SSSR count). The van der Waals surface area contributed by atoms with E-state index in [1.165, 1.54) is 12.1 Å². The van der Waals surface area contributed by atoms with E-state index < -0.39 is 12.6 Å². The van der Waals surface area contributed by atoms with Crippen molar-refractivity contribution >= 4 is 29.2 Å². The fourth-order valence-corrected chi connectivity index (χ4v) is 1.19. The van der Waals surface area contributed by atoms with Gasteiger partial charge in [-0.15, -0.1) is 0 Å². The van der Waals surface area contributed by atoms with Crippen LogP contribution in [0.2, 0.25) is 10.0 Å². The molecule has 0 heterocycles. The van der Waals surface area contributed by atoms with Crippen molar-refractivity contribution in [3.63, 3.8) is 0 Å². The van der Waals surface area contributed by atoms with Gasteiger partial charge in [0.2, 0.25) is 0 Å². The maximum absolute atomic E-state index is 10.2. The van der Waals surface area contributed by atoms with Crippen LogP contribution < -0.4 is 56.1 Å². The molecule has 3 nitrogen and oxygen atoms in total. The second-order valence-corrected chi connectivity index (χ2v) is 3.10. The fourth-order valence-electron chi connectivity index (χ4n) is 0.732. The maximum Gasteiger partial charge on any atom is 1.00 e. The van der Waals surface area contributed by atoms with Gasteiger partial charge in [-0.25, -0.2) is 4.79 Å². The van der Waals surface area contributed by atoms with Crippen molar-refractivity contribution < 1.29 is 67.4 Å². The molecule has 1 N–H and O–H groups in total. The molecule has 0 aromatic heterocycles. The second kappa shape index (κ2) is 7.06. The Morgan fingerprint density at radius 3 is 2.64 bits per heavy atom. The minimum atomic E-state index is -1.05. The largest absolute Gasteiger partial charge is 1.00 e. The third-order valence-corrected chi connectivity index (χ3v) is 1.78. The van der Waals surface area contributed by atoms with Gasteiger partial charge in [0.15, 0.2) is 6.61 Å². The Kier molecular flexibility index (Phi) is 7.41. The van der Waals surface area contributed by atoms with Crippen molar-refractivity contribution in [1.82, 2.24) is 0 Å². The Bertz CT molecular complexity index is 336. The van der Waals surface area contributed by atoms with Crippen LogP contribution in [0, 0.1) is 0 Å². The van der Waals surface area contributed by atoms with Crippen LogP contribution in [0.4, 0.5) is 0 Å². The number of benzene rings is 1. The number of hydrogen-bond acceptors (Lipinski definition) is 2. The van der Waals surface area contributed by atoms with Crippen LogP contribution in [0.25, 0.3) is 0 Å². The van der Waals surface area contributed by atoms with Gasteiger partial charge in [-0.1, -0.05) is 23.2 Å². The summed E-state index contributed by atoms with van der Waals surface area (Å²) in [6.07, 6.45) is 0. The fraction of sp³-hybridized carbons (Fsp3) is 0.125. The molecule has 0 radical (unpaired) electrons. The first-order valence-electron chi connectivity index (χ1n) is 3.39. The number of carboxylic acids is 1. The van der Waals surface area contributed by atoms with E-state index in [-0.39, 0.29) is 52.8 Å². The van der Waals surface area contributed by atoms with Crippen LogP contribution in [0.1, 0.15) is 1.43 Å². The first kappa shape index (κ1) is 14.7. The molecule has 0 saturated heterocycles. The van der Waals surface area contributed by atoms with Crippen LogP contribution in [0.15, 0.2) is 18.2 Å². The zero-order valence-electron chi connectivity index (χ0n) is 8.46. The molecular weight excluding hydrogens is 254 g/mol. The minimum absolute atomic E-state index is 0. The first-order valence-corrected chi connectivity index (χ1v) is 4.15. The van der Waals surface area contributed by atoms with Gasteiger partial charge in [0, 0.05) is 5.02 Å². The van der Waals surface area contributed by atoms with E-state index in [2.05, 4.69) is 0 Å². The summed E-state index contributed by atoms with van der Waals surface area (Å²) < 4.78 is 4.86. The van der Waals surface area contributed by atoms with Crippen molar-refractivity contribution in [2.24, 2.45) is 0 Å². The molecule has 1 aromatic carbocycles. The summed E-state index contributed by atoms with van der Waals surface area (Å²) in [6, 6.07) is 4.58. The Morgan fingerprint density at radius 1 is 1.50 bits per heavy atom. The Balaban J connectivity index is 0. The number of hydrogen-bond donors (Lipinski definition) is 1. The van der Waals surface area contributed by atoms with E-state index in [4.69, 9.17) is 33.0 Å². The summed E-state index contributed by atoms with van der Waals surface area (Å²) in [5.74, 6) is -0.737. The molecule has 0 spiro atoms. The molecule has 0 saturated carbocycles. The van der Waals surface area contributed by atoms with Crippen LogP contribution in [-0.4, -0.2) is 17.7 Å². The van der Waals surface area contributed by atoms with E-state index >= 15 is 0 Å². The van der Waals surface area contributed by atoms with Gasteiger partial charge in [-0.05, 0) is 18.2 Å². The minimum Gasteiger partial charge on any atom is -1.00 e. The van der Waals surface area contributed by atoms with Gasteiger partial charge in [0.25, 0.3) is 0 Å². The molecule has 0 fully saturated rings. The molecule has 6 heteroatoms. The summed E-state index contributed by atoms with van der Waals surface area (Å²) in [4.78, 5) is 10.2. The molecule has 0 aliphatic heterocycles. The van der Waals surface area contributed by atoms with Gasteiger partial charge in [-0.2, -0.15) is 0 Å². The number of rotatable bonds is 3. The smallest absolute Gasteiger partial charge is 1.00 e. The molecule has 0 atom stereocenters. The third-order valence-electron chi connectivity index (χ3n) is 1.25. The standard InChI is InChI=1S/C8H6Cl2O3.K.H/c9-5-1-2-7(6(10)3-5)13-4-8(11)12;;/h1-3H,4H2,(H,11,12);;/q;+1;-1. The predicted octanol–water partition coefficient (Wildman–Crippen LogP) is -0.427. The van der Waals surface area contributed by atoms with Gasteiger partial charge in [-0.3, -0.25) is 0 Å². The molecule has 72 valence electrons. The summed E-state index contributed by atoms with van der Waals surface area (Å²) in [6.45, 7) is -0.415. The molecule has 1 aromatic rings. The van der Waals surface area contributed by atoms with Gasteiger partial charge >= 0.3 is 57.4 Å². The SMILES string of the molecule is O=C(O)COc1ccc(Cl)cc1Cl.[H-].[K+]. The summed E-state index contributed by atoms with van der Waals surface area (Å²) in [5, 5.41) is 9.11. The number of aliphatic carboxylic acids is 1. The van der Waals surface area contributed by atoms with Gasteiger partial charge < -0.3 is 11.3 Å². The molecular formula is C8H7Cl2KO3. The molecule has 0 aliphatic rings. The normalized spacial score (nSPS) is 9.00. The molecule has 0 amide bonds. The monoisotopic (exact) mass is 260 g/mol. The van der Waals surface area contributed by atoms with E-state index in [0.717, 1.165) is 0 Å². The second-order valence-electron chi connectivity index (χ2n) is 2.26. The van der Waals surface area contributed by atoms with E-state index in [0.29, 0.717) is 15.8 Å². The van der Waals surface area contributed by atoms with Gasteiger partial charge in [0.1, 0.15) is 5.75 Å². The summed E-state index contributed by atoms with van der Waals surface area (Å²) in [5.41, 5.74) is 0. The zero-order valence-corrected chi connectivity index (χ0v) is 12.1. The topological polar surface area (TPSA) is 46.5 Å². The summed E-state index contributed by atoms with van der Waals surface area (Å²) in [7, 11) is 0. The molecule has 14 heavy (non-hydrogen) atoms. The molecule has 0 aliphatic carbocycles. The van der Waals surface area contributed by atoms with E-state index in [9.17, 15) is 4.79 Å². The van der Waals surface area contributed by atoms with Crippen molar-refractivity contribution in [2.45, 2.75) is 0 Å². The first-order chi connectivity index (χ1) is 6.09. The van der Waals surface area contributed by atoms with Crippen molar-refractivity contribution in [1.29, 1.82) is 0 Å².